The molecular weight excluding hydrogens is 284 g/mol. The molecule has 0 heterocycles. The Labute approximate surface area is 126 Å². The van der Waals surface area contributed by atoms with Gasteiger partial charge in [-0.3, -0.25) is 9.59 Å². The van der Waals surface area contributed by atoms with Gasteiger partial charge in [-0.05, 0) is 23.6 Å². The first kappa shape index (κ1) is 14.1. The highest BCUT2D eigenvalue weighted by Gasteiger charge is 2.29. The van der Waals surface area contributed by atoms with E-state index in [0.29, 0.717) is 17.5 Å². The summed E-state index contributed by atoms with van der Waals surface area (Å²) in [5.41, 5.74) is 2.08. The fraction of sp³-hybridized carbons (Fsp3) is 0.176. The number of carbonyl (C=O) groups is 2. The summed E-state index contributed by atoms with van der Waals surface area (Å²) in [6.07, 6.45) is 0.327. The van der Waals surface area contributed by atoms with E-state index in [1.807, 2.05) is 0 Å². The van der Waals surface area contributed by atoms with Crippen molar-refractivity contribution in [3.63, 3.8) is 0 Å². The van der Waals surface area contributed by atoms with Gasteiger partial charge in [-0.1, -0.05) is 24.3 Å². The minimum Gasteiger partial charge on any atom is -0.507 e. The van der Waals surface area contributed by atoms with E-state index in [1.54, 1.807) is 24.3 Å². The number of ether oxygens (including phenoxy) is 1. The lowest BCUT2D eigenvalue weighted by atomic mass is 9.83. The number of esters is 1. The summed E-state index contributed by atoms with van der Waals surface area (Å²) in [7, 11) is 1.26. The first-order valence-corrected chi connectivity index (χ1v) is 6.79. The van der Waals surface area contributed by atoms with Crippen molar-refractivity contribution in [2.45, 2.75) is 12.8 Å². The molecule has 0 unspecified atom stereocenters. The van der Waals surface area contributed by atoms with Crippen LogP contribution >= 0.6 is 0 Å². The molecule has 0 fully saturated rings. The molecule has 0 aliphatic heterocycles. The largest absolute Gasteiger partial charge is 0.507 e. The second-order valence-corrected chi connectivity index (χ2v) is 5.18. The van der Waals surface area contributed by atoms with Crippen molar-refractivity contribution >= 4 is 11.8 Å². The van der Waals surface area contributed by atoms with Crippen LogP contribution in [0.3, 0.4) is 0 Å². The van der Waals surface area contributed by atoms with E-state index in [0.717, 1.165) is 5.56 Å². The highest BCUT2D eigenvalue weighted by Crippen LogP contribution is 2.38. The number of fused-ring (bicyclic) bond motifs is 2. The van der Waals surface area contributed by atoms with Gasteiger partial charge in [0.25, 0.3) is 0 Å². The van der Waals surface area contributed by atoms with Crippen LogP contribution in [0.2, 0.25) is 0 Å². The normalized spacial score (nSPS) is 12.5. The zero-order valence-electron chi connectivity index (χ0n) is 11.9. The van der Waals surface area contributed by atoms with Crippen LogP contribution in [0.15, 0.2) is 30.3 Å². The number of benzene rings is 2. The summed E-state index contributed by atoms with van der Waals surface area (Å²) in [4.78, 5) is 24.0. The van der Waals surface area contributed by atoms with Crippen LogP contribution in [0.1, 0.15) is 32.6 Å². The van der Waals surface area contributed by atoms with Crippen molar-refractivity contribution in [3.05, 3.63) is 58.1 Å². The number of ketones is 1. The highest BCUT2D eigenvalue weighted by atomic mass is 16.5. The fourth-order valence-electron chi connectivity index (χ4n) is 2.77. The molecule has 2 aromatic carbocycles. The predicted octanol–water partition coefficient (Wildman–Crippen LogP) is 1.95. The van der Waals surface area contributed by atoms with E-state index in [1.165, 1.54) is 13.2 Å². The van der Waals surface area contributed by atoms with Gasteiger partial charge in [-0.2, -0.15) is 0 Å². The number of phenolic OH excluding ortho intramolecular Hbond substituents is 2. The molecule has 0 spiro atoms. The van der Waals surface area contributed by atoms with E-state index in [4.69, 9.17) is 0 Å². The van der Waals surface area contributed by atoms with Gasteiger partial charge in [-0.25, -0.2) is 0 Å². The predicted molar refractivity (Wildman–Crippen MR) is 78.2 cm³/mol. The summed E-state index contributed by atoms with van der Waals surface area (Å²) in [6.45, 7) is 0. The van der Waals surface area contributed by atoms with Gasteiger partial charge < -0.3 is 14.9 Å². The van der Waals surface area contributed by atoms with E-state index in [-0.39, 0.29) is 29.0 Å². The fourth-order valence-corrected chi connectivity index (χ4v) is 2.77. The molecule has 5 heteroatoms. The van der Waals surface area contributed by atoms with Crippen LogP contribution in [0.5, 0.6) is 11.5 Å². The van der Waals surface area contributed by atoms with Crippen LogP contribution < -0.4 is 0 Å². The lowest BCUT2D eigenvalue weighted by Gasteiger charge is -2.21. The average molecular weight is 298 g/mol. The SMILES string of the molecule is COC(=O)Cc1ccc2c(c1O)C(=O)c1c(O)cccc1C2. The first-order valence-electron chi connectivity index (χ1n) is 6.79. The summed E-state index contributed by atoms with van der Waals surface area (Å²) in [5, 5.41) is 20.3. The standard InChI is InChI=1S/C17H14O5/c1-22-13(19)8-11-6-5-10-7-9-3-2-4-12(18)14(9)17(21)15(10)16(11)20/h2-6,18,20H,7-8H2,1H3. The van der Waals surface area contributed by atoms with Gasteiger partial charge >= 0.3 is 5.97 Å². The van der Waals surface area contributed by atoms with Crippen LogP contribution in [-0.2, 0) is 22.4 Å². The Balaban J connectivity index is 2.12. The molecule has 5 nitrogen and oxygen atoms in total. The van der Waals surface area contributed by atoms with Gasteiger partial charge in [0.15, 0.2) is 0 Å². The maximum absolute atomic E-state index is 12.6. The molecule has 22 heavy (non-hydrogen) atoms. The van der Waals surface area contributed by atoms with Crippen molar-refractivity contribution in [3.8, 4) is 11.5 Å². The maximum Gasteiger partial charge on any atom is 0.310 e. The third-order valence-electron chi connectivity index (χ3n) is 3.87. The molecule has 0 aromatic heterocycles. The molecule has 0 atom stereocenters. The lowest BCUT2D eigenvalue weighted by molar-refractivity contribution is -0.139. The van der Waals surface area contributed by atoms with Crippen LogP contribution in [0, 0.1) is 0 Å². The molecule has 112 valence electrons. The van der Waals surface area contributed by atoms with Gasteiger partial charge in [0, 0.05) is 5.56 Å². The quantitative estimate of drug-likeness (QED) is 0.706. The zero-order valence-corrected chi connectivity index (χ0v) is 11.9. The molecule has 3 rings (SSSR count). The van der Waals surface area contributed by atoms with Crippen LogP contribution in [0.25, 0.3) is 0 Å². The third-order valence-corrected chi connectivity index (χ3v) is 3.87. The molecular formula is C17H14O5. The first-order chi connectivity index (χ1) is 10.5. The summed E-state index contributed by atoms with van der Waals surface area (Å²) >= 11 is 0. The minimum absolute atomic E-state index is 0.106. The van der Waals surface area contributed by atoms with Crippen molar-refractivity contribution < 1.29 is 24.5 Å². The van der Waals surface area contributed by atoms with Gasteiger partial charge in [-0.15, -0.1) is 0 Å². The molecule has 0 radical (unpaired) electrons. The van der Waals surface area contributed by atoms with Gasteiger partial charge in [0.1, 0.15) is 11.5 Å². The molecule has 0 bridgehead atoms. The van der Waals surface area contributed by atoms with Crippen molar-refractivity contribution in [1.29, 1.82) is 0 Å². The lowest BCUT2D eigenvalue weighted by Crippen LogP contribution is -2.17. The van der Waals surface area contributed by atoms with E-state index in [9.17, 15) is 19.8 Å². The number of hydrogen-bond acceptors (Lipinski definition) is 5. The Hall–Kier alpha value is -2.82. The number of phenols is 2. The number of carbonyl (C=O) groups excluding carboxylic acids is 2. The number of hydrogen-bond donors (Lipinski definition) is 2. The van der Waals surface area contributed by atoms with Gasteiger partial charge in [0.05, 0.1) is 24.7 Å². The van der Waals surface area contributed by atoms with Crippen molar-refractivity contribution in [2.75, 3.05) is 7.11 Å². The summed E-state index contributed by atoms with van der Waals surface area (Å²) in [6, 6.07) is 8.23. The molecule has 1 aliphatic rings. The van der Waals surface area contributed by atoms with Crippen molar-refractivity contribution in [2.24, 2.45) is 0 Å². The molecule has 2 N–H and O–H groups in total. The Kier molecular flexibility index (Phi) is 3.33. The third kappa shape index (κ3) is 2.11. The summed E-state index contributed by atoms with van der Waals surface area (Å²) < 4.78 is 4.58. The Morgan fingerprint density at radius 3 is 2.59 bits per heavy atom. The molecule has 2 aromatic rings. The second-order valence-electron chi connectivity index (χ2n) is 5.18. The minimum atomic E-state index is -0.498. The second kappa shape index (κ2) is 5.18. The van der Waals surface area contributed by atoms with E-state index in [2.05, 4.69) is 4.74 Å². The van der Waals surface area contributed by atoms with E-state index < -0.39 is 11.8 Å². The number of methoxy groups -OCH3 is 1. The van der Waals surface area contributed by atoms with Crippen LogP contribution in [-0.4, -0.2) is 29.1 Å². The molecule has 0 amide bonds. The number of rotatable bonds is 2. The maximum atomic E-state index is 12.6. The Morgan fingerprint density at radius 1 is 1.14 bits per heavy atom. The molecule has 1 aliphatic carbocycles. The average Bonchev–Trinajstić information content (AvgIpc) is 2.49. The summed E-state index contributed by atoms with van der Waals surface area (Å²) in [5.74, 6) is -1.26. The molecule has 0 saturated carbocycles. The highest BCUT2D eigenvalue weighted by molar-refractivity contribution is 6.15. The van der Waals surface area contributed by atoms with Crippen molar-refractivity contribution in [1.82, 2.24) is 0 Å². The molecule has 0 saturated heterocycles. The zero-order chi connectivity index (χ0) is 15.9. The Morgan fingerprint density at radius 2 is 1.86 bits per heavy atom. The number of aromatic hydroxyl groups is 2. The smallest absolute Gasteiger partial charge is 0.310 e. The topological polar surface area (TPSA) is 83.8 Å². The van der Waals surface area contributed by atoms with E-state index >= 15 is 0 Å². The van der Waals surface area contributed by atoms with Crippen LogP contribution in [0.4, 0.5) is 0 Å². The Bertz CT molecular complexity index is 792. The monoisotopic (exact) mass is 298 g/mol. The van der Waals surface area contributed by atoms with Gasteiger partial charge in [0.2, 0.25) is 5.78 Å².